The molecule has 0 radical (unpaired) electrons. The smallest absolute Gasteiger partial charge is 0.262 e. The SMILES string of the molecule is CC(=O)N1N=C(c2cccc(OCC(=O)Nc3ccccc3)c2)CC1c1ccccc1. The Morgan fingerprint density at radius 3 is 2.42 bits per heavy atom. The van der Waals surface area contributed by atoms with Gasteiger partial charge in [0, 0.05) is 24.6 Å². The van der Waals surface area contributed by atoms with Crippen LogP contribution >= 0.6 is 0 Å². The number of para-hydroxylation sites is 1. The number of hydrogen-bond acceptors (Lipinski definition) is 4. The third-order valence-corrected chi connectivity index (χ3v) is 5.01. The largest absolute Gasteiger partial charge is 0.484 e. The van der Waals surface area contributed by atoms with Crippen LogP contribution in [0.5, 0.6) is 5.75 Å². The van der Waals surface area contributed by atoms with Crippen LogP contribution in [0.15, 0.2) is 90.0 Å². The molecule has 4 rings (SSSR count). The minimum absolute atomic E-state index is 0.100. The number of ether oxygens (including phenoxy) is 1. The molecule has 6 nitrogen and oxygen atoms in total. The zero-order valence-corrected chi connectivity index (χ0v) is 17.2. The second-order valence-electron chi connectivity index (χ2n) is 7.27. The maximum absolute atomic E-state index is 12.2. The van der Waals surface area contributed by atoms with E-state index in [1.54, 1.807) is 6.07 Å². The molecule has 6 heteroatoms. The molecule has 1 atom stereocenters. The summed E-state index contributed by atoms with van der Waals surface area (Å²) in [6.45, 7) is 1.42. The van der Waals surface area contributed by atoms with Gasteiger partial charge in [-0.05, 0) is 29.8 Å². The summed E-state index contributed by atoms with van der Waals surface area (Å²) < 4.78 is 5.68. The number of hydrazone groups is 1. The lowest BCUT2D eigenvalue weighted by molar-refractivity contribution is -0.130. The monoisotopic (exact) mass is 413 g/mol. The van der Waals surface area contributed by atoms with Crippen LogP contribution in [0.3, 0.4) is 0 Å². The second kappa shape index (κ2) is 9.26. The first-order valence-electron chi connectivity index (χ1n) is 10.1. The van der Waals surface area contributed by atoms with E-state index in [0.717, 1.165) is 22.5 Å². The molecule has 31 heavy (non-hydrogen) atoms. The Labute approximate surface area is 181 Å². The Morgan fingerprint density at radius 2 is 1.71 bits per heavy atom. The molecule has 1 N–H and O–H groups in total. The van der Waals surface area contributed by atoms with Crippen molar-refractivity contribution in [1.82, 2.24) is 5.01 Å². The van der Waals surface area contributed by atoms with E-state index >= 15 is 0 Å². The number of benzene rings is 3. The van der Waals surface area contributed by atoms with E-state index in [0.29, 0.717) is 12.2 Å². The van der Waals surface area contributed by atoms with Gasteiger partial charge in [-0.15, -0.1) is 0 Å². The van der Waals surface area contributed by atoms with Gasteiger partial charge in [-0.2, -0.15) is 5.10 Å². The number of nitrogens with one attached hydrogen (secondary N) is 1. The number of anilines is 1. The number of nitrogens with zero attached hydrogens (tertiary/aromatic N) is 2. The third-order valence-electron chi connectivity index (χ3n) is 5.01. The fourth-order valence-corrected chi connectivity index (χ4v) is 3.54. The average Bonchev–Trinajstić information content (AvgIpc) is 3.25. The van der Waals surface area contributed by atoms with E-state index in [4.69, 9.17) is 4.74 Å². The van der Waals surface area contributed by atoms with Crippen molar-refractivity contribution in [3.8, 4) is 5.75 Å². The molecule has 3 aromatic carbocycles. The molecule has 0 spiro atoms. The summed E-state index contributed by atoms with van der Waals surface area (Å²) in [5.74, 6) is 0.233. The van der Waals surface area contributed by atoms with Crippen molar-refractivity contribution in [2.24, 2.45) is 5.10 Å². The highest BCUT2D eigenvalue weighted by Gasteiger charge is 2.31. The van der Waals surface area contributed by atoms with Crippen LogP contribution in [0.2, 0.25) is 0 Å². The van der Waals surface area contributed by atoms with Crippen LogP contribution in [0.4, 0.5) is 5.69 Å². The van der Waals surface area contributed by atoms with Crippen LogP contribution in [-0.4, -0.2) is 29.1 Å². The van der Waals surface area contributed by atoms with Gasteiger partial charge in [0.25, 0.3) is 5.91 Å². The van der Waals surface area contributed by atoms with Crippen molar-refractivity contribution >= 4 is 23.2 Å². The lowest BCUT2D eigenvalue weighted by Crippen LogP contribution is -2.24. The van der Waals surface area contributed by atoms with Gasteiger partial charge in [0.2, 0.25) is 5.91 Å². The number of hydrogen-bond donors (Lipinski definition) is 1. The van der Waals surface area contributed by atoms with E-state index in [-0.39, 0.29) is 24.5 Å². The highest BCUT2D eigenvalue weighted by molar-refractivity contribution is 6.03. The molecular weight excluding hydrogens is 390 g/mol. The zero-order valence-electron chi connectivity index (χ0n) is 17.2. The molecule has 1 heterocycles. The van der Waals surface area contributed by atoms with Gasteiger partial charge < -0.3 is 10.1 Å². The summed E-state index contributed by atoms with van der Waals surface area (Å²) in [5.41, 5.74) is 3.44. The molecule has 0 aliphatic carbocycles. The lowest BCUT2D eigenvalue weighted by atomic mass is 9.98. The van der Waals surface area contributed by atoms with Crippen LogP contribution in [0.25, 0.3) is 0 Å². The maximum Gasteiger partial charge on any atom is 0.262 e. The van der Waals surface area contributed by atoms with Crippen molar-refractivity contribution in [3.05, 3.63) is 96.1 Å². The molecule has 2 amide bonds. The first-order valence-corrected chi connectivity index (χ1v) is 10.1. The maximum atomic E-state index is 12.2. The summed E-state index contributed by atoms with van der Waals surface area (Å²) in [5, 5.41) is 8.90. The minimum atomic E-state index is -0.235. The predicted molar refractivity (Wildman–Crippen MR) is 120 cm³/mol. The number of rotatable bonds is 6. The van der Waals surface area contributed by atoms with Crippen LogP contribution in [0, 0.1) is 0 Å². The Morgan fingerprint density at radius 1 is 1.00 bits per heavy atom. The van der Waals surface area contributed by atoms with E-state index in [1.807, 2.05) is 78.9 Å². The van der Waals surface area contributed by atoms with Crippen molar-refractivity contribution in [2.45, 2.75) is 19.4 Å². The van der Waals surface area contributed by atoms with Crippen molar-refractivity contribution in [3.63, 3.8) is 0 Å². The van der Waals surface area contributed by atoms with Gasteiger partial charge in [-0.1, -0.05) is 60.7 Å². The molecule has 0 saturated heterocycles. The molecule has 0 saturated carbocycles. The Balaban J connectivity index is 1.44. The summed E-state index contributed by atoms with van der Waals surface area (Å²) >= 11 is 0. The minimum Gasteiger partial charge on any atom is -0.484 e. The molecule has 156 valence electrons. The van der Waals surface area contributed by atoms with Crippen LogP contribution in [0.1, 0.15) is 30.5 Å². The molecular formula is C25H23N3O3. The first-order chi connectivity index (χ1) is 15.1. The highest BCUT2D eigenvalue weighted by atomic mass is 16.5. The standard InChI is InChI=1S/C25H23N3O3/c1-18(29)28-24(19-9-4-2-5-10-19)16-23(27-28)20-11-8-14-22(15-20)31-17-25(30)26-21-12-6-3-7-13-21/h2-15,24H,16-17H2,1H3,(H,26,30). The molecule has 0 bridgehead atoms. The van der Waals surface area contributed by atoms with Crippen molar-refractivity contribution < 1.29 is 14.3 Å². The third kappa shape index (κ3) is 4.98. The Bertz CT molecular complexity index is 1100. The molecule has 0 aromatic heterocycles. The van der Waals surface area contributed by atoms with Crippen molar-refractivity contribution in [2.75, 3.05) is 11.9 Å². The lowest BCUT2D eigenvalue weighted by Gasteiger charge is -2.20. The second-order valence-corrected chi connectivity index (χ2v) is 7.27. The highest BCUT2D eigenvalue weighted by Crippen LogP contribution is 2.33. The number of carbonyl (C=O) groups is 2. The van der Waals surface area contributed by atoms with Gasteiger partial charge >= 0.3 is 0 Å². The fourth-order valence-electron chi connectivity index (χ4n) is 3.54. The van der Waals surface area contributed by atoms with Gasteiger partial charge in [-0.3, -0.25) is 9.59 Å². The molecule has 1 aliphatic rings. The van der Waals surface area contributed by atoms with Crippen LogP contribution < -0.4 is 10.1 Å². The molecule has 1 unspecified atom stereocenters. The van der Waals surface area contributed by atoms with Gasteiger partial charge in [-0.25, -0.2) is 5.01 Å². The summed E-state index contributed by atoms with van der Waals surface area (Å²) in [6.07, 6.45) is 0.613. The predicted octanol–water partition coefficient (Wildman–Crippen LogP) is 4.40. The summed E-state index contributed by atoms with van der Waals surface area (Å²) in [4.78, 5) is 24.3. The number of amides is 2. The summed E-state index contributed by atoms with van der Waals surface area (Å²) in [6, 6.07) is 26.4. The molecule has 0 fully saturated rings. The van der Waals surface area contributed by atoms with E-state index < -0.39 is 0 Å². The summed E-state index contributed by atoms with van der Waals surface area (Å²) in [7, 11) is 0. The average molecular weight is 413 g/mol. The Hall–Kier alpha value is -3.93. The Kier molecular flexibility index (Phi) is 6.08. The normalized spacial score (nSPS) is 15.3. The zero-order chi connectivity index (χ0) is 21.6. The fraction of sp³-hybridized carbons (Fsp3) is 0.160. The molecule has 3 aromatic rings. The van der Waals surface area contributed by atoms with E-state index in [9.17, 15) is 9.59 Å². The topological polar surface area (TPSA) is 71.0 Å². The van der Waals surface area contributed by atoms with E-state index in [2.05, 4.69) is 10.4 Å². The van der Waals surface area contributed by atoms with Gasteiger partial charge in [0.15, 0.2) is 6.61 Å². The van der Waals surface area contributed by atoms with Gasteiger partial charge in [0.1, 0.15) is 5.75 Å². The number of carbonyl (C=O) groups excluding carboxylic acids is 2. The van der Waals surface area contributed by atoms with Gasteiger partial charge in [0.05, 0.1) is 11.8 Å². The van der Waals surface area contributed by atoms with E-state index in [1.165, 1.54) is 11.9 Å². The van der Waals surface area contributed by atoms with Crippen LogP contribution in [-0.2, 0) is 9.59 Å². The quantitative estimate of drug-likeness (QED) is 0.651. The molecule has 1 aliphatic heterocycles. The first kappa shape index (κ1) is 20.3. The van der Waals surface area contributed by atoms with Crippen molar-refractivity contribution in [1.29, 1.82) is 0 Å².